The smallest absolute Gasteiger partial charge is 0.145 e. The summed E-state index contributed by atoms with van der Waals surface area (Å²) in [5.74, 6) is 1.56. The Labute approximate surface area is 114 Å². The predicted molar refractivity (Wildman–Crippen MR) is 74.2 cm³/mol. The fourth-order valence-corrected chi connectivity index (χ4v) is 2.91. The van der Waals surface area contributed by atoms with Crippen LogP contribution >= 0.6 is 0 Å². The first-order chi connectivity index (χ1) is 9.26. The number of nitrogens with two attached hydrogens (primary N) is 1. The third-order valence-electron chi connectivity index (χ3n) is 4.14. The van der Waals surface area contributed by atoms with Gasteiger partial charge in [0.05, 0.1) is 13.2 Å². The molecule has 0 spiro atoms. The van der Waals surface area contributed by atoms with E-state index in [0.717, 1.165) is 25.3 Å². The molecule has 0 saturated carbocycles. The van der Waals surface area contributed by atoms with Gasteiger partial charge in [-0.1, -0.05) is 12.1 Å². The van der Waals surface area contributed by atoms with E-state index < -0.39 is 0 Å². The maximum Gasteiger partial charge on any atom is 0.145 e. The first-order valence-corrected chi connectivity index (χ1v) is 7.01. The molecule has 0 aliphatic carbocycles. The van der Waals surface area contributed by atoms with E-state index in [1.54, 1.807) is 0 Å². The van der Waals surface area contributed by atoms with Crippen molar-refractivity contribution in [3.63, 3.8) is 0 Å². The third kappa shape index (κ3) is 2.76. The molecule has 0 bridgehead atoms. The first-order valence-electron chi connectivity index (χ1n) is 7.01. The summed E-state index contributed by atoms with van der Waals surface area (Å²) in [4.78, 5) is 2.40. The van der Waals surface area contributed by atoms with Crippen molar-refractivity contribution in [3.8, 4) is 5.75 Å². The van der Waals surface area contributed by atoms with Crippen LogP contribution in [0.3, 0.4) is 0 Å². The zero-order valence-corrected chi connectivity index (χ0v) is 11.4. The molecule has 4 heteroatoms. The lowest BCUT2D eigenvalue weighted by Crippen LogP contribution is -2.38. The summed E-state index contributed by atoms with van der Waals surface area (Å²) in [6, 6.07) is 8.98. The lowest BCUT2D eigenvalue weighted by atomic mass is 10.00. The quantitative estimate of drug-likeness (QED) is 0.891. The Bertz CT molecular complexity index is 417. The van der Waals surface area contributed by atoms with Gasteiger partial charge in [0.25, 0.3) is 0 Å². The Morgan fingerprint density at radius 1 is 1.32 bits per heavy atom. The van der Waals surface area contributed by atoms with Crippen LogP contribution < -0.4 is 10.5 Å². The second-order valence-corrected chi connectivity index (χ2v) is 5.64. The van der Waals surface area contributed by atoms with Crippen LogP contribution in [0, 0.1) is 5.92 Å². The summed E-state index contributed by atoms with van der Waals surface area (Å²) in [5, 5.41) is 0. The van der Waals surface area contributed by atoms with E-state index in [1.807, 2.05) is 0 Å². The van der Waals surface area contributed by atoms with E-state index in [-0.39, 0.29) is 6.10 Å². The van der Waals surface area contributed by atoms with Crippen molar-refractivity contribution in [2.75, 3.05) is 33.4 Å². The van der Waals surface area contributed by atoms with Crippen LogP contribution in [0.15, 0.2) is 24.3 Å². The highest BCUT2D eigenvalue weighted by Crippen LogP contribution is 2.34. The van der Waals surface area contributed by atoms with Crippen molar-refractivity contribution in [2.24, 2.45) is 11.7 Å². The Kier molecular flexibility index (Phi) is 3.73. The first kappa shape index (κ1) is 12.9. The van der Waals surface area contributed by atoms with Crippen molar-refractivity contribution in [1.29, 1.82) is 0 Å². The number of hydrogen-bond donors (Lipinski definition) is 1. The summed E-state index contributed by atoms with van der Waals surface area (Å²) in [6.07, 6.45) is 1.39. The molecule has 2 N–H and O–H groups in total. The molecule has 4 nitrogen and oxygen atoms in total. The molecular formula is C15H22N2O2. The normalized spacial score (nSPS) is 28.3. The summed E-state index contributed by atoms with van der Waals surface area (Å²) in [5.41, 5.74) is 7.14. The van der Waals surface area contributed by atoms with E-state index in [9.17, 15) is 0 Å². The van der Waals surface area contributed by atoms with Crippen LogP contribution in [0.4, 0.5) is 0 Å². The summed E-state index contributed by atoms with van der Waals surface area (Å²) in [6.45, 7) is 3.30. The molecule has 2 fully saturated rings. The number of benzene rings is 1. The Balaban J connectivity index is 1.64. The molecule has 2 saturated heterocycles. The maximum atomic E-state index is 5.78. The van der Waals surface area contributed by atoms with E-state index in [4.69, 9.17) is 15.2 Å². The number of nitrogens with zero attached hydrogens (tertiary/aromatic N) is 1. The number of ether oxygens (including phenoxy) is 2. The largest absolute Gasteiger partial charge is 0.486 e. The molecule has 2 aliphatic heterocycles. The molecule has 1 aromatic carbocycles. The molecule has 0 radical (unpaired) electrons. The summed E-state index contributed by atoms with van der Waals surface area (Å²) >= 11 is 0. The molecule has 2 heterocycles. The molecule has 2 atom stereocenters. The highest BCUT2D eigenvalue weighted by Gasteiger charge is 2.29. The van der Waals surface area contributed by atoms with Gasteiger partial charge in [0.2, 0.25) is 0 Å². The fraction of sp³-hybridized carbons (Fsp3) is 0.600. The van der Waals surface area contributed by atoms with Crippen molar-refractivity contribution in [1.82, 2.24) is 4.90 Å². The van der Waals surface area contributed by atoms with Gasteiger partial charge in [-0.2, -0.15) is 0 Å². The highest BCUT2D eigenvalue weighted by atomic mass is 16.6. The van der Waals surface area contributed by atoms with Crippen molar-refractivity contribution in [2.45, 2.75) is 18.6 Å². The van der Waals surface area contributed by atoms with E-state index in [2.05, 4.69) is 36.2 Å². The van der Waals surface area contributed by atoms with Gasteiger partial charge >= 0.3 is 0 Å². The molecule has 2 aliphatic rings. The average Bonchev–Trinajstić information content (AvgIpc) is 2.76. The van der Waals surface area contributed by atoms with E-state index in [1.165, 1.54) is 5.56 Å². The van der Waals surface area contributed by atoms with Crippen molar-refractivity contribution < 1.29 is 9.47 Å². The summed E-state index contributed by atoms with van der Waals surface area (Å²) < 4.78 is 10.9. The van der Waals surface area contributed by atoms with Crippen molar-refractivity contribution >= 4 is 0 Å². The van der Waals surface area contributed by atoms with E-state index in [0.29, 0.717) is 25.2 Å². The van der Waals surface area contributed by atoms with Gasteiger partial charge < -0.3 is 15.2 Å². The van der Waals surface area contributed by atoms with Crippen LogP contribution in [0.5, 0.6) is 5.75 Å². The average molecular weight is 262 g/mol. The summed E-state index contributed by atoms with van der Waals surface area (Å²) in [7, 11) is 2.18. The van der Waals surface area contributed by atoms with Crippen LogP contribution in [-0.4, -0.2) is 44.4 Å². The molecule has 0 aromatic heterocycles. The fourth-order valence-electron chi connectivity index (χ4n) is 2.91. The van der Waals surface area contributed by atoms with Crippen LogP contribution in [0.1, 0.15) is 18.0 Å². The second kappa shape index (κ2) is 5.49. The Morgan fingerprint density at radius 2 is 2.05 bits per heavy atom. The minimum Gasteiger partial charge on any atom is -0.486 e. The Morgan fingerprint density at radius 3 is 2.58 bits per heavy atom. The zero-order chi connectivity index (χ0) is 13.2. The minimum atomic E-state index is 0.238. The zero-order valence-electron chi connectivity index (χ0n) is 11.4. The van der Waals surface area contributed by atoms with Gasteiger partial charge in [-0.05, 0) is 43.6 Å². The van der Waals surface area contributed by atoms with Crippen LogP contribution in [0.2, 0.25) is 0 Å². The number of likely N-dealkylation sites (tertiary alicyclic amines) is 1. The molecular weight excluding hydrogens is 240 g/mol. The molecule has 3 rings (SSSR count). The van der Waals surface area contributed by atoms with Gasteiger partial charge in [-0.15, -0.1) is 0 Å². The third-order valence-corrected chi connectivity index (χ3v) is 4.14. The van der Waals surface area contributed by atoms with Crippen molar-refractivity contribution in [3.05, 3.63) is 29.8 Å². The number of rotatable bonds is 4. The van der Waals surface area contributed by atoms with Gasteiger partial charge in [-0.25, -0.2) is 0 Å². The number of hydrogen-bond acceptors (Lipinski definition) is 4. The van der Waals surface area contributed by atoms with Gasteiger partial charge in [0.1, 0.15) is 11.9 Å². The van der Waals surface area contributed by atoms with Gasteiger partial charge in [0.15, 0.2) is 0 Å². The second-order valence-electron chi connectivity index (χ2n) is 5.64. The standard InChI is InChI=1S/C15H22N2O2/c1-17-8-11(7-16)6-15(17)12-2-4-13(5-3-12)19-14-9-18-10-14/h2-5,11,14-15H,6-10,16H2,1H3. The lowest BCUT2D eigenvalue weighted by molar-refractivity contribution is -0.0796. The predicted octanol–water partition coefficient (Wildman–Crippen LogP) is 1.42. The van der Waals surface area contributed by atoms with E-state index >= 15 is 0 Å². The maximum absolute atomic E-state index is 5.78. The Hall–Kier alpha value is -1.10. The van der Waals surface area contributed by atoms with Gasteiger partial charge in [0, 0.05) is 12.6 Å². The van der Waals surface area contributed by atoms with Crippen LogP contribution in [-0.2, 0) is 4.74 Å². The molecule has 1 aromatic rings. The molecule has 104 valence electrons. The highest BCUT2D eigenvalue weighted by molar-refractivity contribution is 5.30. The molecule has 2 unspecified atom stereocenters. The minimum absolute atomic E-state index is 0.238. The molecule has 0 amide bonds. The topological polar surface area (TPSA) is 47.7 Å². The molecule has 19 heavy (non-hydrogen) atoms. The van der Waals surface area contributed by atoms with Gasteiger partial charge in [-0.3, -0.25) is 4.90 Å². The van der Waals surface area contributed by atoms with Crippen LogP contribution in [0.25, 0.3) is 0 Å². The monoisotopic (exact) mass is 262 g/mol. The SMILES string of the molecule is CN1CC(CN)CC1c1ccc(OC2COC2)cc1. The lowest BCUT2D eigenvalue weighted by Gasteiger charge is -2.27.